The van der Waals surface area contributed by atoms with E-state index in [4.69, 9.17) is 14.2 Å². The van der Waals surface area contributed by atoms with Crippen LogP contribution in [0, 0.1) is 0 Å². The van der Waals surface area contributed by atoms with Crippen molar-refractivity contribution in [2.24, 2.45) is 0 Å². The Hall–Kier alpha value is -4.46. The summed E-state index contributed by atoms with van der Waals surface area (Å²) in [5.41, 5.74) is 6.63. The third-order valence-corrected chi connectivity index (χ3v) is 6.30. The fourth-order valence-electron chi connectivity index (χ4n) is 4.55. The number of nitrogens with one attached hydrogen (secondary N) is 2. The van der Waals surface area contributed by atoms with E-state index < -0.39 is 6.04 Å². The van der Waals surface area contributed by atoms with Gasteiger partial charge in [-0.15, -0.1) is 0 Å². The number of amides is 2. The quantitative estimate of drug-likeness (QED) is 0.443. The number of hydrogen-bond acceptors (Lipinski definition) is 5. The summed E-state index contributed by atoms with van der Waals surface area (Å²) in [7, 11) is 4.72. The molecule has 0 bridgehead atoms. The third kappa shape index (κ3) is 3.93. The molecule has 3 aromatic carbocycles. The van der Waals surface area contributed by atoms with Crippen LogP contribution in [0.5, 0.6) is 17.2 Å². The smallest absolute Gasteiger partial charge is 0.272 e. The summed E-state index contributed by atoms with van der Waals surface area (Å²) in [5, 5.41) is 2.18. The van der Waals surface area contributed by atoms with E-state index in [1.807, 2.05) is 60.7 Å². The Labute approximate surface area is 202 Å². The number of carbonyl (C=O) groups excluding carboxylic acids is 2. The zero-order chi connectivity index (χ0) is 24.5. The summed E-state index contributed by atoms with van der Waals surface area (Å²) in [6, 6.07) is 18.1. The fourth-order valence-corrected chi connectivity index (χ4v) is 4.55. The molecule has 2 N–H and O–H groups in total. The van der Waals surface area contributed by atoms with Gasteiger partial charge < -0.3 is 19.2 Å². The number of methoxy groups -OCH3 is 3. The van der Waals surface area contributed by atoms with Crippen LogP contribution in [-0.4, -0.2) is 43.1 Å². The molecule has 0 radical (unpaired) electrons. The lowest BCUT2D eigenvalue weighted by Crippen LogP contribution is -2.51. The molecule has 1 aliphatic heterocycles. The van der Waals surface area contributed by atoms with Gasteiger partial charge in [-0.1, -0.05) is 30.3 Å². The SMILES string of the molecule is COc1ccc(C2c3cc(OC)c(OC)cc3CC(=O)N2NC(=O)c2c[nH]c3ccccc23)cc1. The van der Waals surface area contributed by atoms with E-state index in [0.29, 0.717) is 22.8 Å². The molecule has 8 nitrogen and oxygen atoms in total. The molecule has 2 amide bonds. The molecule has 178 valence electrons. The first-order valence-corrected chi connectivity index (χ1v) is 11.1. The normalized spacial score (nSPS) is 15.0. The lowest BCUT2D eigenvalue weighted by Gasteiger charge is -2.37. The van der Waals surface area contributed by atoms with Gasteiger partial charge in [0.1, 0.15) is 11.8 Å². The molecule has 8 heteroatoms. The third-order valence-electron chi connectivity index (χ3n) is 6.30. The highest BCUT2D eigenvalue weighted by Gasteiger charge is 2.36. The summed E-state index contributed by atoms with van der Waals surface area (Å²) in [4.78, 5) is 29.9. The number of H-pyrrole nitrogens is 1. The van der Waals surface area contributed by atoms with Crippen LogP contribution in [-0.2, 0) is 11.2 Å². The largest absolute Gasteiger partial charge is 0.497 e. The Morgan fingerprint density at radius 2 is 1.69 bits per heavy atom. The number of hydrogen-bond donors (Lipinski definition) is 2. The molecule has 4 aromatic rings. The second kappa shape index (κ2) is 9.06. The molecule has 0 aliphatic carbocycles. The minimum absolute atomic E-state index is 0.108. The van der Waals surface area contributed by atoms with E-state index in [1.165, 1.54) is 5.01 Å². The van der Waals surface area contributed by atoms with Crippen LogP contribution in [0.1, 0.15) is 33.1 Å². The number of benzene rings is 3. The number of fused-ring (bicyclic) bond motifs is 2. The maximum atomic E-state index is 13.4. The second-order valence-electron chi connectivity index (χ2n) is 8.21. The number of nitrogens with zero attached hydrogens (tertiary/aromatic N) is 1. The van der Waals surface area contributed by atoms with E-state index in [0.717, 1.165) is 27.6 Å². The molecule has 1 unspecified atom stereocenters. The molecule has 0 spiro atoms. The van der Waals surface area contributed by atoms with Crippen molar-refractivity contribution in [3.05, 3.63) is 89.1 Å². The number of ether oxygens (including phenoxy) is 3. The minimum atomic E-state index is -0.578. The van der Waals surface area contributed by atoms with Gasteiger partial charge in [-0.05, 0) is 47.0 Å². The van der Waals surface area contributed by atoms with Gasteiger partial charge in [0, 0.05) is 17.1 Å². The Balaban J connectivity index is 1.59. The Bertz CT molecular complexity index is 1410. The van der Waals surface area contributed by atoms with Crippen LogP contribution < -0.4 is 19.6 Å². The predicted octanol–water partition coefficient (Wildman–Crippen LogP) is 4.01. The van der Waals surface area contributed by atoms with E-state index in [1.54, 1.807) is 27.5 Å². The Morgan fingerprint density at radius 3 is 2.40 bits per heavy atom. The highest BCUT2D eigenvalue weighted by atomic mass is 16.5. The second-order valence-corrected chi connectivity index (χ2v) is 8.21. The lowest BCUT2D eigenvalue weighted by molar-refractivity contribution is -0.136. The molecular weight excluding hydrogens is 446 g/mol. The van der Waals surface area contributed by atoms with Crippen LogP contribution in [0.4, 0.5) is 0 Å². The number of para-hydroxylation sites is 1. The summed E-state index contributed by atoms with van der Waals surface area (Å²) in [6.45, 7) is 0. The molecule has 35 heavy (non-hydrogen) atoms. The molecular formula is C27H25N3O5. The minimum Gasteiger partial charge on any atom is -0.497 e. The average molecular weight is 472 g/mol. The van der Waals surface area contributed by atoms with Gasteiger partial charge in [0.05, 0.1) is 33.3 Å². The first kappa shape index (κ1) is 22.3. The van der Waals surface area contributed by atoms with Crippen molar-refractivity contribution in [2.75, 3.05) is 21.3 Å². The van der Waals surface area contributed by atoms with Crippen LogP contribution >= 0.6 is 0 Å². The van der Waals surface area contributed by atoms with Gasteiger partial charge in [-0.25, -0.2) is 5.01 Å². The van der Waals surface area contributed by atoms with Gasteiger partial charge in [0.25, 0.3) is 5.91 Å². The van der Waals surface area contributed by atoms with Crippen molar-refractivity contribution in [3.63, 3.8) is 0 Å². The molecule has 0 saturated heterocycles. The predicted molar refractivity (Wildman–Crippen MR) is 131 cm³/mol. The van der Waals surface area contributed by atoms with E-state index in [2.05, 4.69) is 10.4 Å². The average Bonchev–Trinajstić information content (AvgIpc) is 3.33. The number of rotatable bonds is 6. The fraction of sp³-hybridized carbons (Fsp3) is 0.185. The number of aromatic nitrogens is 1. The van der Waals surface area contributed by atoms with Gasteiger partial charge in [-0.3, -0.25) is 15.0 Å². The molecule has 1 aromatic heterocycles. The molecule has 2 heterocycles. The summed E-state index contributed by atoms with van der Waals surface area (Å²) >= 11 is 0. The molecule has 5 rings (SSSR count). The van der Waals surface area contributed by atoms with Gasteiger partial charge >= 0.3 is 0 Å². The molecule has 1 aliphatic rings. The highest BCUT2D eigenvalue weighted by molar-refractivity contribution is 6.07. The number of carbonyl (C=O) groups is 2. The van der Waals surface area contributed by atoms with Crippen molar-refractivity contribution < 1.29 is 23.8 Å². The van der Waals surface area contributed by atoms with Crippen LogP contribution in [0.3, 0.4) is 0 Å². The van der Waals surface area contributed by atoms with Crippen molar-refractivity contribution in [2.45, 2.75) is 12.5 Å². The van der Waals surface area contributed by atoms with Gasteiger partial charge in [0.2, 0.25) is 5.91 Å². The Morgan fingerprint density at radius 1 is 0.971 bits per heavy atom. The van der Waals surface area contributed by atoms with Gasteiger partial charge in [0.15, 0.2) is 11.5 Å². The monoisotopic (exact) mass is 471 g/mol. The highest BCUT2D eigenvalue weighted by Crippen LogP contribution is 2.41. The van der Waals surface area contributed by atoms with Crippen LogP contribution in [0.15, 0.2) is 66.9 Å². The molecule has 1 atom stereocenters. The summed E-state index contributed by atoms with van der Waals surface area (Å²) in [6.07, 6.45) is 1.76. The number of aromatic amines is 1. The zero-order valence-electron chi connectivity index (χ0n) is 19.6. The Kier molecular flexibility index (Phi) is 5.78. The maximum absolute atomic E-state index is 13.4. The molecule has 0 saturated carbocycles. The molecule has 0 fully saturated rings. The summed E-state index contributed by atoms with van der Waals surface area (Å²) < 4.78 is 16.3. The topological polar surface area (TPSA) is 92.9 Å². The summed E-state index contributed by atoms with van der Waals surface area (Å²) in [5.74, 6) is 1.17. The maximum Gasteiger partial charge on any atom is 0.272 e. The van der Waals surface area contributed by atoms with Crippen molar-refractivity contribution >= 4 is 22.7 Å². The van der Waals surface area contributed by atoms with Crippen molar-refractivity contribution in [1.82, 2.24) is 15.4 Å². The van der Waals surface area contributed by atoms with Crippen LogP contribution in [0.2, 0.25) is 0 Å². The standard InChI is InChI=1S/C27H25N3O5/c1-33-18-10-8-16(9-11-18)26-20-14-24(35-3)23(34-2)12-17(20)13-25(31)30(26)29-27(32)21-15-28-22-7-5-4-6-19(21)22/h4-12,14-15,26,28H,13H2,1-3H3,(H,29,32). The zero-order valence-corrected chi connectivity index (χ0v) is 19.6. The lowest BCUT2D eigenvalue weighted by atomic mass is 9.88. The first-order valence-electron chi connectivity index (χ1n) is 11.1. The van der Waals surface area contributed by atoms with E-state index >= 15 is 0 Å². The van der Waals surface area contributed by atoms with Gasteiger partial charge in [-0.2, -0.15) is 0 Å². The van der Waals surface area contributed by atoms with Crippen LogP contribution in [0.25, 0.3) is 10.9 Å². The van der Waals surface area contributed by atoms with Crippen molar-refractivity contribution in [3.8, 4) is 17.2 Å². The number of hydrazine groups is 1. The van der Waals surface area contributed by atoms with E-state index in [-0.39, 0.29) is 18.2 Å². The van der Waals surface area contributed by atoms with E-state index in [9.17, 15) is 9.59 Å². The first-order chi connectivity index (χ1) is 17.0. The van der Waals surface area contributed by atoms with Crippen molar-refractivity contribution in [1.29, 1.82) is 0 Å².